The SMILES string of the molecule is Cc1ccc2nc(C(=O)NCCc3ccncc3)nc(NC3CCCCC3NC(=N)N)c2c1.O=C(O)C(F)(F)F.O=C(O)C(F)(F)F.O=C(O)C(F)(F)F. The molecule has 15 nitrogen and oxygen atoms in total. The number of aromatic nitrogens is 3. The third-order valence-electron chi connectivity index (χ3n) is 6.66. The zero-order chi connectivity index (χ0) is 41.4. The number of pyridine rings is 1. The Kier molecular flexibility index (Phi) is 17.3. The summed E-state index contributed by atoms with van der Waals surface area (Å²) in [6.07, 6.45) is -7.06. The minimum absolute atomic E-state index is 0.0312. The molecule has 0 saturated heterocycles. The van der Waals surface area contributed by atoms with Crippen molar-refractivity contribution >= 4 is 46.5 Å². The second-order valence-corrected chi connectivity index (χ2v) is 10.9. The van der Waals surface area contributed by atoms with Crippen LogP contribution in [0.2, 0.25) is 0 Å². The Morgan fingerprint density at radius 1 is 0.815 bits per heavy atom. The molecule has 0 bridgehead atoms. The number of aliphatic carboxylic acids is 3. The number of guanidine groups is 1. The molecule has 3 aromatic rings. The third kappa shape index (κ3) is 17.0. The zero-order valence-corrected chi connectivity index (χ0v) is 27.7. The van der Waals surface area contributed by atoms with E-state index in [-0.39, 0.29) is 29.8 Å². The molecule has 1 amide bonds. The Bertz CT molecular complexity index is 1690. The first kappa shape index (κ1) is 46.1. The van der Waals surface area contributed by atoms with Crippen molar-refractivity contribution in [3.8, 4) is 0 Å². The lowest BCUT2D eigenvalue weighted by molar-refractivity contribution is -0.193. The van der Waals surface area contributed by atoms with E-state index >= 15 is 0 Å². The number of amides is 1. The molecule has 298 valence electrons. The van der Waals surface area contributed by atoms with E-state index < -0.39 is 36.4 Å². The Morgan fingerprint density at radius 2 is 1.30 bits per heavy atom. The van der Waals surface area contributed by atoms with Gasteiger partial charge in [-0.15, -0.1) is 0 Å². The van der Waals surface area contributed by atoms with Crippen molar-refractivity contribution in [3.05, 3.63) is 59.7 Å². The number of nitrogens with zero attached hydrogens (tertiary/aromatic N) is 3. The predicted molar refractivity (Wildman–Crippen MR) is 170 cm³/mol. The molecule has 0 spiro atoms. The molecule has 2 atom stereocenters. The Labute approximate surface area is 298 Å². The molecular weight excluding hydrogens is 755 g/mol. The fraction of sp³-hybridized carbons (Fsp3) is 0.400. The van der Waals surface area contributed by atoms with Gasteiger partial charge in [0.25, 0.3) is 5.91 Å². The maximum atomic E-state index is 12.9. The molecule has 0 radical (unpaired) electrons. The first-order valence-electron chi connectivity index (χ1n) is 15.1. The van der Waals surface area contributed by atoms with Crippen molar-refractivity contribution in [2.24, 2.45) is 5.73 Å². The molecule has 54 heavy (non-hydrogen) atoms. The fourth-order valence-electron chi connectivity index (χ4n) is 4.25. The van der Waals surface area contributed by atoms with E-state index in [1.807, 2.05) is 37.3 Å². The Balaban J connectivity index is 0.000000566. The van der Waals surface area contributed by atoms with Gasteiger partial charge in [0.1, 0.15) is 5.82 Å². The van der Waals surface area contributed by atoms with Crippen LogP contribution in [-0.4, -0.2) is 97.2 Å². The number of alkyl halides is 9. The number of rotatable bonds is 7. The number of carboxylic acids is 3. The standard InChI is InChI=1S/C24H30N8O.3C2HF3O2/c1-15-6-7-18-17(14-15)21(30-19-4-2-3-5-20(19)31-24(25)26)32-22(29-18)23(33)28-13-10-16-8-11-27-12-9-16;3*3-2(4,5)1(6)7/h6-9,11-12,14,19-20H,2-5,10,13H2,1H3,(H,28,33)(H4,25,26,31)(H,29,30,32);3*(H,6,7). The smallest absolute Gasteiger partial charge is 0.475 e. The van der Waals surface area contributed by atoms with Crippen LogP contribution in [0.3, 0.4) is 0 Å². The molecular formula is C30H33F9N8O7. The van der Waals surface area contributed by atoms with Crippen molar-refractivity contribution in [3.63, 3.8) is 0 Å². The average molecular weight is 789 g/mol. The van der Waals surface area contributed by atoms with Gasteiger partial charge in [-0.05, 0) is 56.0 Å². The molecule has 0 aliphatic heterocycles. The summed E-state index contributed by atoms with van der Waals surface area (Å²) in [7, 11) is 0. The van der Waals surface area contributed by atoms with Crippen LogP contribution in [0.15, 0.2) is 42.7 Å². The van der Waals surface area contributed by atoms with E-state index in [2.05, 4.69) is 30.9 Å². The summed E-state index contributed by atoms with van der Waals surface area (Å²) >= 11 is 0. The topological polar surface area (TPSA) is 254 Å². The average Bonchev–Trinajstić information content (AvgIpc) is 3.05. The van der Waals surface area contributed by atoms with Crippen molar-refractivity contribution in [2.75, 3.05) is 11.9 Å². The van der Waals surface area contributed by atoms with E-state index in [1.165, 1.54) is 0 Å². The number of benzene rings is 1. The number of aryl methyl sites for hydroxylation is 1. The van der Waals surface area contributed by atoms with Crippen LogP contribution in [0.5, 0.6) is 0 Å². The molecule has 4 rings (SSSR count). The van der Waals surface area contributed by atoms with Crippen LogP contribution in [-0.2, 0) is 20.8 Å². The number of hydrogen-bond donors (Lipinski definition) is 8. The van der Waals surface area contributed by atoms with Crippen LogP contribution in [0.4, 0.5) is 45.3 Å². The quantitative estimate of drug-likeness (QED) is 0.0940. The molecule has 2 unspecified atom stereocenters. The number of fused-ring (bicyclic) bond motifs is 1. The number of nitrogens with one attached hydrogen (secondary N) is 4. The highest BCUT2D eigenvalue weighted by atomic mass is 19.4. The molecule has 24 heteroatoms. The van der Waals surface area contributed by atoms with Gasteiger partial charge in [-0.25, -0.2) is 24.4 Å². The van der Waals surface area contributed by atoms with E-state index in [1.54, 1.807) is 12.4 Å². The highest BCUT2D eigenvalue weighted by Crippen LogP contribution is 2.27. The second kappa shape index (κ2) is 20.3. The lowest BCUT2D eigenvalue weighted by Crippen LogP contribution is -2.50. The number of carbonyl (C=O) groups excluding carboxylic acids is 1. The second-order valence-electron chi connectivity index (χ2n) is 10.9. The summed E-state index contributed by atoms with van der Waals surface area (Å²) in [6.45, 7) is 2.50. The van der Waals surface area contributed by atoms with Gasteiger partial charge in [0.05, 0.1) is 5.52 Å². The first-order chi connectivity index (χ1) is 24.8. The molecule has 1 saturated carbocycles. The van der Waals surface area contributed by atoms with Crippen molar-refractivity contribution < 1.29 is 74.0 Å². The lowest BCUT2D eigenvalue weighted by atomic mass is 9.90. The Morgan fingerprint density at radius 3 is 1.76 bits per heavy atom. The summed E-state index contributed by atoms with van der Waals surface area (Å²) in [4.78, 5) is 52.7. The minimum atomic E-state index is -5.08. The summed E-state index contributed by atoms with van der Waals surface area (Å²) in [5, 5.41) is 39.4. The molecule has 1 aliphatic carbocycles. The van der Waals surface area contributed by atoms with E-state index in [0.717, 1.165) is 42.2 Å². The van der Waals surface area contributed by atoms with Crippen LogP contribution < -0.4 is 21.7 Å². The predicted octanol–water partition coefficient (Wildman–Crippen LogP) is 4.41. The van der Waals surface area contributed by atoms with Crippen molar-refractivity contribution in [2.45, 2.75) is 69.6 Å². The van der Waals surface area contributed by atoms with E-state index in [0.29, 0.717) is 24.3 Å². The number of hydrogen-bond acceptors (Lipinski definition) is 9. The Hall–Kier alpha value is -5.97. The van der Waals surface area contributed by atoms with Gasteiger partial charge < -0.3 is 37.0 Å². The first-order valence-corrected chi connectivity index (χ1v) is 15.1. The van der Waals surface area contributed by atoms with Gasteiger partial charge in [-0.1, -0.05) is 24.5 Å². The van der Waals surface area contributed by atoms with Crippen LogP contribution in [0.1, 0.15) is 47.4 Å². The van der Waals surface area contributed by atoms with E-state index in [4.69, 9.17) is 40.8 Å². The van der Waals surface area contributed by atoms with Gasteiger partial charge in [-0.3, -0.25) is 15.2 Å². The zero-order valence-electron chi connectivity index (χ0n) is 27.7. The number of anilines is 1. The summed E-state index contributed by atoms with van der Waals surface area (Å²) in [5.74, 6) is -7.85. The maximum absolute atomic E-state index is 12.9. The van der Waals surface area contributed by atoms with E-state index in [9.17, 15) is 44.3 Å². The van der Waals surface area contributed by atoms with Crippen molar-refractivity contribution in [1.82, 2.24) is 25.6 Å². The molecule has 1 fully saturated rings. The molecule has 2 heterocycles. The van der Waals surface area contributed by atoms with Gasteiger partial charge in [0.2, 0.25) is 5.82 Å². The van der Waals surface area contributed by atoms with Crippen LogP contribution >= 0.6 is 0 Å². The molecule has 1 aromatic carbocycles. The van der Waals surface area contributed by atoms with Crippen molar-refractivity contribution in [1.29, 1.82) is 5.41 Å². The van der Waals surface area contributed by atoms with Gasteiger partial charge >= 0.3 is 36.4 Å². The van der Waals surface area contributed by atoms with Gasteiger partial charge in [-0.2, -0.15) is 39.5 Å². The molecule has 2 aromatic heterocycles. The molecule has 1 aliphatic rings. The summed E-state index contributed by atoms with van der Waals surface area (Å²) < 4.78 is 95.2. The highest BCUT2D eigenvalue weighted by Gasteiger charge is 2.39. The molecule has 9 N–H and O–H groups in total. The minimum Gasteiger partial charge on any atom is -0.475 e. The van der Waals surface area contributed by atoms with Crippen LogP contribution in [0.25, 0.3) is 10.9 Å². The number of halogens is 9. The monoisotopic (exact) mass is 788 g/mol. The summed E-state index contributed by atoms with van der Waals surface area (Å²) in [5.41, 5.74) is 8.51. The van der Waals surface area contributed by atoms with Gasteiger partial charge in [0, 0.05) is 36.4 Å². The highest BCUT2D eigenvalue weighted by molar-refractivity contribution is 5.96. The summed E-state index contributed by atoms with van der Waals surface area (Å²) in [6, 6.07) is 9.85. The number of nitrogens with two attached hydrogens (primary N) is 1. The largest absolute Gasteiger partial charge is 0.490 e. The lowest BCUT2D eigenvalue weighted by Gasteiger charge is -2.33. The maximum Gasteiger partial charge on any atom is 0.490 e. The normalized spacial score (nSPS) is 15.4. The number of carbonyl (C=O) groups is 4. The third-order valence-corrected chi connectivity index (χ3v) is 6.66. The number of carboxylic acid groups (broad SMARTS) is 3. The van der Waals surface area contributed by atoms with Gasteiger partial charge in [0.15, 0.2) is 5.96 Å². The fourth-order valence-corrected chi connectivity index (χ4v) is 4.25. The van der Waals surface area contributed by atoms with Crippen LogP contribution in [0, 0.1) is 12.3 Å².